The first-order valence-corrected chi connectivity index (χ1v) is 3.94. The molecule has 0 heterocycles. The fraction of sp³-hybridized carbons (Fsp3) is 0.600. The monoisotopic (exact) mass is 153 g/mol. The van der Waals surface area contributed by atoms with Crippen LogP contribution >= 0.6 is 0 Å². The van der Waals surface area contributed by atoms with Gasteiger partial charge in [0.1, 0.15) is 0 Å². The lowest BCUT2D eigenvalue weighted by molar-refractivity contribution is 0.279. The topological polar surface area (TPSA) is 3.24 Å². The molecule has 64 valence electrons. The Kier molecular flexibility index (Phi) is 3.37. The lowest BCUT2D eigenvalue weighted by atomic mass is 10.1. The van der Waals surface area contributed by atoms with E-state index >= 15 is 0 Å². The summed E-state index contributed by atoms with van der Waals surface area (Å²) in [6.07, 6.45) is 3.96. The third-order valence-electron chi connectivity index (χ3n) is 1.37. The average Bonchev–Trinajstić information content (AvgIpc) is 1.79. The van der Waals surface area contributed by atoms with E-state index in [9.17, 15) is 0 Å². The largest absolute Gasteiger partial charge is 0.350 e. The summed E-state index contributed by atoms with van der Waals surface area (Å²) in [5.74, 6) is 0. The molecule has 11 heavy (non-hydrogen) atoms. The summed E-state index contributed by atoms with van der Waals surface area (Å²) in [5.41, 5.74) is 1.43. The van der Waals surface area contributed by atoms with Crippen LogP contribution < -0.4 is 0 Å². The smallest absolute Gasteiger partial charge is 0.0355 e. The molecule has 0 saturated carbocycles. The van der Waals surface area contributed by atoms with E-state index in [1.807, 2.05) is 6.20 Å². The van der Waals surface area contributed by atoms with Crippen LogP contribution in [-0.4, -0.2) is 10.4 Å². The molecular weight excluding hydrogens is 134 g/mol. The highest BCUT2D eigenvalue weighted by Gasteiger charge is 2.14. The molecule has 0 aliphatic carbocycles. The Morgan fingerprint density at radius 3 is 1.82 bits per heavy atom. The van der Waals surface area contributed by atoms with E-state index < -0.39 is 0 Å². The summed E-state index contributed by atoms with van der Waals surface area (Å²) in [7, 11) is 0. The van der Waals surface area contributed by atoms with E-state index in [-0.39, 0.29) is 5.54 Å². The van der Waals surface area contributed by atoms with Crippen molar-refractivity contribution in [1.82, 2.24) is 4.90 Å². The van der Waals surface area contributed by atoms with Crippen molar-refractivity contribution in [3.8, 4) is 0 Å². The molecule has 0 fully saturated rings. The minimum absolute atomic E-state index is 0.138. The van der Waals surface area contributed by atoms with Gasteiger partial charge < -0.3 is 4.90 Å². The molecule has 0 spiro atoms. The average molecular weight is 153 g/mol. The third-order valence-corrected chi connectivity index (χ3v) is 1.37. The molecule has 0 radical (unpaired) electrons. The van der Waals surface area contributed by atoms with Crippen LogP contribution in [0.2, 0.25) is 0 Å². The molecule has 0 amide bonds. The first-order valence-electron chi connectivity index (χ1n) is 3.94. The molecule has 0 rings (SSSR count). The Morgan fingerprint density at radius 2 is 1.73 bits per heavy atom. The van der Waals surface area contributed by atoms with E-state index in [0.29, 0.717) is 0 Å². The van der Waals surface area contributed by atoms with Gasteiger partial charge in [-0.3, -0.25) is 0 Å². The van der Waals surface area contributed by atoms with Gasteiger partial charge in [0, 0.05) is 11.7 Å². The summed E-state index contributed by atoms with van der Waals surface area (Å²) in [6.45, 7) is 14.4. The number of rotatable bonds is 2. The second kappa shape index (κ2) is 3.61. The second-order valence-electron chi connectivity index (χ2n) is 3.97. The van der Waals surface area contributed by atoms with Gasteiger partial charge in [-0.25, -0.2) is 0 Å². The first-order chi connectivity index (χ1) is 4.88. The van der Waals surface area contributed by atoms with Crippen LogP contribution in [0.3, 0.4) is 0 Å². The lowest BCUT2D eigenvalue weighted by Crippen LogP contribution is -2.32. The maximum atomic E-state index is 3.76. The van der Waals surface area contributed by atoms with Crippen LogP contribution in [-0.2, 0) is 0 Å². The van der Waals surface area contributed by atoms with Crippen LogP contribution in [0.4, 0.5) is 0 Å². The van der Waals surface area contributed by atoms with Crippen molar-refractivity contribution in [2.75, 3.05) is 0 Å². The van der Waals surface area contributed by atoms with Gasteiger partial charge in [-0.15, -0.1) is 0 Å². The zero-order chi connectivity index (χ0) is 9.07. The van der Waals surface area contributed by atoms with Crippen LogP contribution in [0.5, 0.6) is 0 Å². The molecule has 0 aliphatic rings. The Balaban J connectivity index is 4.43. The SMILES string of the molecule is C=CN(C=C(C)C)C(C)(C)C. The molecule has 0 saturated heterocycles. The lowest BCUT2D eigenvalue weighted by Gasteiger charge is -2.31. The Labute approximate surface area is 70.4 Å². The van der Waals surface area contributed by atoms with Crippen molar-refractivity contribution in [2.24, 2.45) is 0 Å². The molecular formula is C10H19N. The molecule has 0 aromatic carbocycles. The Bertz CT molecular complexity index is 156. The molecule has 0 N–H and O–H groups in total. The van der Waals surface area contributed by atoms with E-state index in [1.165, 1.54) is 5.57 Å². The van der Waals surface area contributed by atoms with Gasteiger partial charge in [-0.2, -0.15) is 0 Å². The van der Waals surface area contributed by atoms with Crippen molar-refractivity contribution in [3.63, 3.8) is 0 Å². The van der Waals surface area contributed by atoms with E-state index in [2.05, 4.69) is 52.3 Å². The van der Waals surface area contributed by atoms with E-state index in [4.69, 9.17) is 0 Å². The molecule has 0 aromatic heterocycles. The quantitative estimate of drug-likeness (QED) is 0.589. The highest BCUT2D eigenvalue weighted by Crippen LogP contribution is 2.14. The molecule has 1 nitrogen and oxygen atoms in total. The van der Waals surface area contributed by atoms with Crippen LogP contribution in [0.25, 0.3) is 0 Å². The summed E-state index contributed by atoms with van der Waals surface area (Å²) in [5, 5.41) is 0. The molecule has 0 unspecified atom stereocenters. The van der Waals surface area contributed by atoms with Crippen LogP contribution in [0.15, 0.2) is 24.6 Å². The van der Waals surface area contributed by atoms with Crippen molar-refractivity contribution < 1.29 is 0 Å². The summed E-state index contributed by atoms with van der Waals surface area (Å²) in [6, 6.07) is 0. The number of hydrogen-bond acceptors (Lipinski definition) is 1. The zero-order valence-electron chi connectivity index (χ0n) is 8.31. The Hall–Kier alpha value is -0.720. The zero-order valence-corrected chi connectivity index (χ0v) is 8.31. The molecule has 1 heteroatoms. The maximum Gasteiger partial charge on any atom is 0.0355 e. The number of nitrogens with zero attached hydrogens (tertiary/aromatic N) is 1. The number of hydrogen-bond donors (Lipinski definition) is 0. The van der Waals surface area contributed by atoms with Gasteiger partial charge in [0.15, 0.2) is 0 Å². The first kappa shape index (κ1) is 10.3. The fourth-order valence-electron chi connectivity index (χ4n) is 0.798. The maximum absolute atomic E-state index is 3.76. The summed E-state index contributed by atoms with van der Waals surface area (Å²) < 4.78 is 0. The predicted octanol–water partition coefficient (Wildman–Crippen LogP) is 3.15. The van der Waals surface area contributed by atoms with Gasteiger partial charge in [-0.1, -0.05) is 12.2 Å². The van der Waals surface area contributed by atoms with E-state index in [0.717, 1.165) is 0 Å². The minimum atomic E-state index is 0.138. The second-order valence-corrected chi connectivity index (χ2v) is 3.97. The fourth-order valence-corrected chi connectivity index (χ4v) is 0.798. The van der Waals surface area contributed by atoms with Gasteiger partial charge in [-0.05, 0) is 40.8 Å². The third kappa shape index (κ3) is 3.87. The summed E-state index contributed by atoms with van der Waals surface area (Å²) >= 11 is 0. The highest BCUT2D eigenvalue weighted by atomic mass is 15.1. The standard InChI is InChI=1S/C10H19N/c1-7-11(8-9(2)3)10(4,5)6/h7-8H,1H2,2-6H3. The highest BCUT2D eigenvalue weighted by molar-refractivity contribution is 5.00. The minimum Gasteiger partial charge on any atom is -0.350 e. The molecule has 0 aliphatic heterocycles. The van der Waals surface area contributed by atoms with Gasteiger partial charge >= 0.3 is 0 Å². The van der Waals surface area contributed by atoms with Crippen LogP contribution in [0, 0.1) is 0 Å². The van der Waals surface area contributed by atoms with Crippen molar-refractivity contribution >= 4 is 0 Å². The van der Waals surface area contributed by atoms with Crippen molar-refractivity contribution in [1.29, 1.82) is 0 Å². The van der Waals surface area contributed by atoms with Gasteiger partial charge in [0.25, 0.3) is 0 Å². The predicted molar refractivity (Wildman–Crippen MR) is 51.2 cm³/mol. The summed E-state index contributed by atoms with van der Waals surface area (Å²) in [4.78, 5) is 2.11. The molecule has 0 bridgehead atoms. The van der Waals surface area contributed by atoms with Crippen LogP contribution in [0.1, 0.15) is 34.6 Å². The van der Waals surface area contributed by atoms with Crippen molar-refractivity contribution in [3.05, 3.63) is 24.6 Å². The van der Waals surface area contributed by atoms with Gasteiger partial charge in [0.05, 0.1) is 0 Å². The van der Waals surface area contributed by atoms with E-state index in [1.54, 1.807) is 0 Å². The normalized spacial score (nSPS) is 10.6. The molecule has 0 aromatic rings. The van der Waals surface area contributed by atoms with Gasteiger partial charge in [0.2, 0.25) is 0 Å². The Morgan fingerprint density at radius 1 is 1.27 bits per heavy atom. The number of allylic oxidation sites excluding steroid dienone is 1. The molecule has 0 atom stereocenters. The van der Waals surface area contributed by atoms with Crippen molar-refractivity contribution in [2.45, 2.75) is 40.2 Å².